The van der Waals surface area contributed by atoms with Crippen LogP contribution in [0.15, 0.2) is 11.6 Å². The maximum absolute atomic E-state index is 10.8. The fourth-order valence-electron chi connectivity index (χ4n) is 3.03. The van der Waals surface area contributed by atoms with Crippen molar-refractivity contribution in [3.8, 4) is 0 Å². The molecule has 0 aliphatic heterocycles. The highest BCUT2D eigenvalue weighted by Crippen LogP contribution is 2.22. The number of carbonyl (C=O) groups is 1. The molecular weight excluding hydrogens is 272 g/mol. The number of rotatable bonds is 15. The van der Waals surface area contributed by atoms with Gasteiger partial charge in [0.1, 0.15) is 0 Å². The van der Waals surface area contributed by atoms with Crippen LogP contribution in [0.25, 0.3) is 0 Å². The van der Waals surface area contributed by atoms with Gasteiger partial charge in [-0.15, -0.1) is 0 Å². The SMILES string of the molecule is CCCCCCCCCCC(CCC)CCC=C(C)C(=O)O. The van der Waals surface area contributed by atoms with Gasteiger partial charge in [-0.05, 0) is 25.7 Å². The van der Waals surface area contributed by atoms with Crippen molar-refractivity contribution in [1.82, 2.24) is 0 Å². The van der Waals surface area contributed by atoms with Gasteiger partial charge in [0.15, 0.2) is 0 Å². The third kappa shape index (κ3) is 12.9. The Balaban J connectivity index is 3.72. The highest BCUT2D eigenvalue weighted by Gasteiger charge is 2.07. The van der Waals surface area contributed by atoms with Crippen molar-refractivity contribution in [2.24, 2.45) is 5.92 Å². The Labute approximate surface area is 138 Å². The lowest BCUT2D eigenvalue weighted by Crippen LogP contribution is -2.01. The molecule has 1 unspecified atom stereocenters. The first kappa shape index (κ1) is 21.2. The molecule has 2 nitrogen and oxygen atoms in total. The number of carboxylic acids is 1. The monoisotopic (exact) mass is 310 g/mol. The Morgan fingerprint density at radius 1 is 0.864 bits per heavy atom. The number of hydrogen-bond donors (Lipinski definition) is 1. The van der Waals surface area contributed by atoms with Crippen LogP contribution in [-0.4, -0.2) is 11.1 Å². The predicted molar refractivity (Wildman–Crippen MR) is 96.3 cm³/mol. The Morgan fingerprint density at radius 3 is 2.00 bits per heavy atom. The largest absolute Gasteiger partial charge is 0.478 e. The number of hydrogen-bond acceptors (Lipinski definition) is 1. The summed E-state index contributed by atoms with van der Waals surface area (Å²) in [5.74, 6) is -0.00180. The van der Waals surface area contributed by atoms with Crippen molar-refractivity contribution in [1.29, 1.82) is 0 Å². The lowest BCUT2D eigenvalue weighted by atomic mass is 9.91. The first-order chi connectivity index (χ1) is 10.6. The molecule has 1 N–H and O–H groups in total. The van der Waals surface area contributed by atoms with Gasteiger partial charge in [0.05, 0.1) is 0 Å². The second-order valence-corrected chi connectivity index (χ2v) is 6.69. The van der Waals surface area contributed by atoms with Gasteiger partial charge in [-0.1, -0.05) is 90.6 Å². The van der Waals surface area contributed by atoms with E-state index in [1.165, 1.54) is 70.6 Å². The first-order valence-electron chi connectivity index (χ1n) is 9.51. The van der Waals surface area contributed by atoms with Gasteiger partial charge < -0.3 is 5.11 Å². The zero-order valence-electron chi connectivity index (χ0n) is 15.2. The molecule has 0 saturated heterocycles. The number of carboxylic acid groups (broad SMARTS) is 1. The molecule has 0 rings (SSSR count). The Hall–Kier alpha value is -0.790. The molecule has 0 aliphatic carbocycles. The van der Waals surface area contributed by atoms with Crippen LogP contribution in [-0.2, 0) is 4.79 Å². The maximum atomic E-state index is 10.8. The molecule has 0 amide bonds. The summed E-state index contributed by atoms with van der Waals surface area (Å²) in [5.41, 5.74) is 0.488. The van der Waals surface area contributed by atoms with Gasteiger partial charge >= 0.3 is 5.97 Å². The molecule has 0 aliphatic rings. The van der Waals surface area contributed by atoms with E-state index < -0.39 is 5.97 Å². The minimum absolute atomic E-state index is 0.488. The summed E-state index contributed by atoms with van der Waals surface area (Å²) < 4.78 is 0. The zero-order chi connectivity index (χ0) is 16.6. The summed E-state index contributed by atoms with van der Waals surface area (Å²) in [4.78, 5) is 10.8. The number of allylic oxidation sites excluding steroid dienone is 1. The van der Waals surface area contributed by atoms with Crippen LogP contribution in [0.2, 0.25) is 0 Å². The van der Waals surface area contributed by atoms with Crippen molar-refractivity contribution in [3.63, 3.8) is 0 Å². The molecule has 0 aromatic rings. The average molecular weight is 311 g/mol. The van der Waals surface area contributed by atoms with E-state index in [1.54, 1.807) is 6.92 Å². The molecule has 0 heterocycles. The predicted octanol–water partition coefficient (Wildman–Crippen LogP) is 6.74. The summed E-state index contributed by atoms with van der Waals surface area (Å²) >= 11 is 0. The van der Waals surface area contributed by atoms with Crippen molar-refractivity contribution >= 4 is 5.97 Å². The van der Waals surface area contributed by atoms with Crippen LogP contribution in [0.3, 0.4) is 0 Å². The molecule has 0 saturated carbocycles. The molecule has 0 fully saturated rings. The second-order valence-electron chi connectivity index (χ2n) is 6.69. The van der Waals surface area contributed by atoms with Gasteiger partial charge in [-0.25, -0.2) is 4.79 Å². The van der Waals surface area contributed by atoms with Gasteiger partial charge in [-0.3, -0.25) is 0 Å². The van der Waals surface area contributed by atoms with Crippen LogP contribution in [0.5, 0.6) is 0 Å². The summed E-state index contributed by atoms with van der Waals surface area (Å²) in [5, 5.41) is 8.86. The molecule has 0 bridgehead atoms. The van der Waals surface area contributed by atoms with Crippen molar-refractivity contribution in [3.05, 3.63) is 11.6 Å². The highest BCUT2D eigenvalue weighted by molar-refractivity contribution is 5.85. The fraction of sp³-hybridized carbons (Fsp3) is 0.850. The Morgan fingerprint density at radius 2 is 1.45 bits per heavy atom. The van der Waals surface area contributed by atoms with Crippen LogP contribution in [0.4, 0.5) is 0 Å². The van der Waals surface area contributed by atoms with E-state index >= 15 is 0 Å². The molecule has 0 aromatic carbocycles. The third-order valence-electron chi connectivity index (χ3n) is 4.53. The minimum atomic E-state index is -0.782. The molecule has 130 valence electrons. The number of aliphatic carboxylic acids is 1. The normalized spacial score (nSPS) is 13.3. The lowest BCUT2D eigenvalue weighted by molar-refractivity contribution is -0.132. The van der Waals surface area contributed by atoms with E-state index in [2.05, 4.69) is 13.8 Å². The topological polar surface area (TPSA) is 37.3 Å². The molecule has 22 heavy (non-hydrogen) atoms. The van der Waals surface area contributed by atoms with Gasteiger partial charge in [0, 0.05) is 5.57 Å². The molecule has 0 aromatic heterocycles. The van der Waals surface area contributed by atoms with Gasteiger partial charge in [0.25, 0.3) is 0 Å². The van der Waals surface area contributed by atoms with Crippen LogP contribution < -0.4 is 0 Å². The van der Waals surface area contributed by atoms with Gasteiger partial charge in [-0.2, -0.15) is 0 Å². The zero-order valence-corrected chi connectivity index (χ0v) is 15.2. The van der Waals surface area contributed by atoms with E-state index in [9.17, 15) is 4.79 Å². The Kier molecular flexibility index (Phi) is 14.6. The van der Waals surface area contributed by atoms with Crippen molar-refractivity contribution < 1.29 is 9.90 Å². The minimum Gasteiger partial charge on any atom is -0.478 e. The van der Waals surface area contributed by atoms with E-state index in [4.69, 9.17) is 5.11 Å². The third-order valence-corrected chi connectivity index (χ3v) is 4.53. The maximum Gasteiger partial charge on any atom is 0.330 e. The summed E-state index contributed by atoms with van der Waals surface area (Å²) in [6, 6.07) is 0. The number of unbranched alkanes of at least 4 members (excludes halogenated alkanes) is 7. The second kappa shape index (κ2) is 15.1. The van der Waals surface area contributed by atoms with E-state index in [0.29, 0.717) is 5.57 Å². The van der Waals surface area contributed by atoms with Crippen molar-refractivity contribution in [2.45, 2.75) is 104 Å². The van der Waals surface area contributed by atoms with E-state index in [1.807, 2.05) is 6.08 Å². The molecule has 2 heteroatoms. The van der Waals surface area contributed by atoms with Crippen LogP contribution >= 0.6 is 0 Å². The average Bonchev–Trinajstić information content (AvgIpc) is 2.49. The van der Waals surface area contributed by atoms with Crippen LogP contribution in [0, 0.1) is 5.92 Å². The molecule has 0 radical (unpaired) electrons. The first-order valence-corrected chi connectivity index (χ1v) is 9.51. The molecule has 1 atom stereocenters. The smallest absolute Gasteiger partial charge is 0.330 e. The van der Waals surface area contributed by atoms with Crippen molar-refractivity contribution in [2.75, 3.05) is 0 Å². The van der Waals surface area contributed by atoms with E-state index in [-0.39, 0.29) is 0 Å². The lowest BCUT2D eigenvalue weighted by Gasteiger charge is -2.15. The van der Waals surface area contributed by atoms with E-state index in [0.717, 1.165) is 18.8 Å². The fourth-order valence-corrected chi connectivity index (χ4v) is 3.03. The van der Waals surface area contributed by atoms with Gasteiger partial charge in [0.2, 0.25) is 0 Å². The summed E-state index contributed by atoms with van der Waals surface area (Å²) in [6.45, 7) is 6.20. The molecule has 0 spiro atoms. The summed E-state index contributed by atoms with van der Waals surface area (Å²) in [7, 11) is 0. The van der Waals surface area contributed by atoms with Crippen LogP contribution in [0.1, 0.15) is 104 Å². The molecular formula is C20H38O2. The summed E-state index contributed by atoms with van der Waals surface area (Å²) in [6.07, 6.45) is 18.8. The Bertz CT molecular complexity index is 294. The quantitative estimate of drug-likeness (QED) is 0.268. The standard InChI is InChI=1S/C20H38O2/c1-4-6-7-8-9-10-11-12-16-19(14-5-2)17-13-15-18(3)20(21)22/h15,19H,4-14,16-17H2,1-3H3,(H,21,22). The highest BCUT2D eigenvalue weighted by atomic mass is 16.4.